The van der Waals surface area contributed by atoms with Crippen molar-refractivity contribution in [3.05, 3.63) is 20.8 Å². The number of rotatable bonds is 3. The van der Waals surface area contributed by atoms with E-state index in [4.69, 9.17) is 5.73 Å². The molecular formula is C8H12BrNS. The topological polar surface area (TPSA) is 26.0 Å². The first-order chi connectivity index (χ1) is 5.29. The second-order valence-corrected chi connectivity index (χ2v) is 4.72. The molecule has 3 heteroatoms. The number of nitrogens with two attached hydrogens (primary N) is 1. The summed E-state index contributed by atoms with van der Waals surface area (Å²) in [5.74, 6) is 0.524. The Labute approximate surface area is 79.7 Å². The van der Waals surface area contributed by atoms with Gasteiger partial charge in [-0.1, -0.05) is 6.92 Å². The lowest BCUT2D eigenvalue weighted by atomic mass is 10.0. The fourth-order valence-corrected chi connectivity index (χ4v) is 2.60. The molecule has 0 saturated heterocycles. The van der Waals surface area contributed by atoms with Gasteiger partial charge in [0.05, 0.1) is 3.79 Å². The third-order valence-corrected chi connectivity index (χ3v) is 3.60. The normalized spacial score (nSPS) is 13.4. The molecule has 0 bridgehead atoms. The van der Waals surface area contributed by atoms with Gasteiger partial charge in [0.15, 0.2) is 0 Å². The van der Waals surface area contributed by atoms with E-state index in [2.05, 4.69) is 34.3 Å². The Balaban J connectivity index is 2.81. The molecule has 0 radical (unpaired) electrons. The van der Waals surface area contributed by atoms with Crippen molar-refractivity contribution < 1.29 is 0 Å². The summed E-state index contributed by atoms with van der Waals surface area (Å²) in [7, 11) is 0. The van der Waals surface area contributed by atoms with Crippen molar-refractivity contribution in [3.8, 4) is 0 Å². The largest absolute Gasteiger partial charge is 0.330 e. The summed E-state index contributed by atoms with van der Waals surface area (Å²) >= 11 is 5.24. The Morgan fingerprint density at radius 1 is 1.73 bits per heavy atom. The van der Waals surface area contributed by atoms with Gasteiger partial charge in [0.25, 0.3) is 0 Å². The lowest BCUT2D eigenvalue weighted by Crippen LogP contribution is -2.10. The Bertz CT molecular complexity index is 218. The smallest absolute Gasteiger partial charge is 0.0733 e. The predicted molar refractivity (Wildman–Crippen MR) is 54.1 cm³/mol. The summed E-state index contributed by atoms with van der Waals surface area (Å²) < 4.78 is 1.23. The first kappa shape index (κ1) is 9.23. The van der Waals surface area contributed by atoms with E-state index in [1.165, 1.54) is 9.35 Å². The summed E-state index contributed by atoms with van der Waals surface area (Å²) in [6, 6.07) is 2.15. The van der Waals surface area contributed by atoms with Crippen LogP contribution in [-0.4, -0.2) is 6.54 Å². The van der Waals surface area contributed by atoms with Crippen LogP contribution in [0.15, 0.2) is 15.2 Å². The average molecular weight is 234 g/mol. The van der Waals surface area contributed by atoms with E-state index >= 15 is 0 Å². The molecule has 1 rings (SSSR count). The van der Waals surface area contributed by atoms with Gasteiger partial charge < -0.3 is 5.73 Å². The van der Waals surface area contributed by atoms with Crippen LogP contribution in [0.5, 0.6) is 0 Å². The van der Waals surface area contributed by atoms with Crippen LogP contribution >= 0.6 is 27.3 Å². The highest BCUT2D eigenvalue weighted by molar-refractivity contribution is 9.11. The van der Waals surface area contributed by atoms with E-state index in [1.54, 1.807) is 11.3 Å². The molecule has 11 heavy (non-hydrogen) atoms. The highest BCUT2D eigenvalue weighted by Gasteiger charge is 2.10. The van der Waals surface area contributed by atoms with E-state index in [-0.39, 0.29) is 0 Å². The SMILES string of the molecule is CCC(CN)c1ccsc1Br. The minimum Gasteiger partial charge on any atom is -0.330 e. The number of hydrogen-bond acceptors (Lipinski definition) is 2. The number of thiophene rings is 1. The molecule has 1 aromatic rings. The second kappa shape index (κ2) is 4.24. The minimum absolute atomic E-state index is 0.524. The van der Waals surface area contributed by atoms with Gasteiger partial charge in [-0.15, -0.1) is 11.3 Å². The molecule has 0 aliphatic carbocycles. The van der Waals surface area contributed by atoms with Gasteiger partial charge in [-0.25, -0.2) is 0 Å². The molecule has 0 saturated carbocycles. The van der Waals surface area contributed by atoms with Crippen molar-refractivity contribution in [1.29, 1.82) is 0 Å². The lowest BCUT2D eigenvalue weighted by Gasteiger charge is -2.10. The Hall–Kier alpha value is 0.140. The van der Waals surface area contributed by atoms with E-state index in [0.29, 0.717) is 5.92 Å². The molecule has 0 amide bonds. The second-order valence-electron chi connectivity index (χ2n) is 2.49. The van der Waals surface area contributed by atoms with Gasteiger partial charge in [-0.2, -0.15) is 0 Å². The van der Waals surface area contributed by atoms with E-state index in [9.17, 15) is 0 Å². The molecule has 1 unspecified atom stereocenters. The van der Waals surface area contributed by atoms with Crippen molar-refractivity contribution in [2.45, 2.75) is 19.3 Å². The molecule has 0 aromatic carbocycles. The third kappa shape index (κ3) is 2.04. The first-order valence-electron chi connectivity index (χ1n) is 3.72. The molecule has 0 fully saturated rings. The van der Waals surface area contributed by atoms with Crippen molar-refractivity contribution in [1.82, 2.24) is 0 Å². The average Bonchev–Trinajstić information content (AvgIpc) is 2.40. The van der Waals surface area contributed by atoms with Gasteiger partial charge in [0.2, 0.25) is 0 Å². The fraction of sp³-hybridized carbons (Fsp3) is 0.500. The van der Waals surface area contributed by atoms with Gasteiger partial charge in [-0.05, 0) is 51.8 Å². The zero-order chi connectivity index (χ0) is 8.27. The maximum atomic E-state index is 5.63. The van der Waals surface area contributed by atoms with Crippen molar-refractivity contribution in [3.63, 3.8) is 0 Å². The van der Waals surface area contributed by atoms with Crippen LogP contribution in [0.3, 0.4) is 0 Å². The molecule has 62 valence electrons. The molecule has 0 spiro atoms. The Morgan fingerprint density at radius 2 is 2.45 bits per heavy atom. The van der Waals surface area contributed by atoms with Gasteiger partial charge in [0, 0.05) is 0 Å². The first-order valence-corrected chi connectivity index (χ1v) is 5.39. The van der Waals surface area contributed by atoms with Crippen LogP contribution in [0.4, 0.5) is 0 Å². The van der Waals surface area contributed by atoms with E-state index in [0.717, 1.165) is 13.0 Å². The highest BCUT2D eigenvalue weighted by Crippen LogP contribution is 2.30. The maximum absolute atomic E-state index is 5.63. The number of hydrogen-bond donors (Lipinski definition) is 1. The van der Waals surface area contributed by atoms with Gasteiger partial charge in [-0.3, -0.25) is 0 Å². The molecule has 1 atom stereocenters. The van der Waals surface area contributed by atoms with Crippen LogP contribution in [-0.2, 0) is 0 Å². The zero-order valence-electron chi connectivity index (χ0n) is 6.51. The van der Waals surface area contributed by atoms with Crippen molar-refractivity contribution in [2.24, 2.45) is 5.73 Å². The van der Waals surface area contributed by atoms with Crippen LogP contribution in [0.25, 0.3) is 0 Å². The zero-order valence-corrected chi connectivity index (χ0v) is 8.91. The molecule has 0 aliphatic heterocycles. The molecule has 2 N–H and O–H groups in total. The van der Waals surface area contributed by atoms with E-state index in [1.807, 2.05) is 0 Å². The lowest BCUT2D eigenvalue weighted by molar-refractivity contribution is 0.674. The quantitative estimate of drug-likeness (QED) is 0.854. The molecule has 1 nitrogen and oxygen atoms in total. The van der Waals surface area contributed by atoms with Crippen LogP contribution in [0.2, 0.25) is 0 Å². The van der Waals surface area contributed by atoms with Crippen molar-refractivity contribution >= 4 is 27.3 Å². The minimum atomic E-state index is 0.524. The molecule has 0 aliphatic rings. The van der Waals surface area contributed by atoms with Crippen LogP contribution in [0.1, 0.15) is 24.8 Å². The van der Waals surface area contributed by atoms with Crippen LogP contribution < -0.4 is 5.73 Å². The highest BCUT2D eigenvalue weighted by atomic mass is 79.9. The summed E-state index contributed by atoms with van der Waals surface area (Å²) in [6.45, 7) is 2.91. The molecular weight excluding hydrogens is 222 g/mol. The monoisotopic (exact) mass is 233 g/mol. The Morgan fingerprint density at radius 3 is 2.82 bits per heavy atom. The summed E-state index contributed by atoms with van der Waals surface area (Å²) in [5, 5.41) is 2.09. The van der Waals surface area contributed by atoms with Crippen LogP contribution in [0, 0.1) is 0 Å². The maximum Gasteiger partial charge on any atom is 0.0733 e. The summed E-state index contributed by atoms with van der Waals surface area (Å²) in [6.07, 6.45) is 1.12. The fourth-order valence-electron chi connectivity index (χ4n) is 1.11. The van der Waals surface area contributed by atoms with E-state index < -0.39 is 0 Å². The van der Waals surface area contributed by atoms with Gasteiger partial charge >= 0.3 is 0 Å². The Kier molecular flexibility index (Phi) is 3.55. The standard InChI is InChI=1S/C8H12BrNS/c1-2-6(5-10)7-3-4-11-8(7)9/h3-4,6H,2,5,10H2,1H3. The number of halogens is 1. The predicted octanol–water partition coefficient (Wildman–Crippen LogP) is 2.96. The third-order valence-electron chi connectivity index (χ3n) is 1.86. The van der Waals surface area contributed by atoms with Gasteiger partial charge in [0.1, 0.15) is 0 Å². The molecule has 1 aromatic heterocycles. The molecule has 1 heterocycles. The van der Waals surface area contributed by atoms with Crippen molar-refractivity contribution in [2.75, 3.05) is 6.54 Å². The summed E-state index contributed by atoms with van der Waals surface area (Å²) in [5.41, 5.74) is 6.99. The summed E-state index contributed by atoms with van der Waals surface area (Å²) in [4.78, 5) is 0.